The maximum absolute atomic E-state index is 12.9. The molecule has 0 saturated carbocycles. The van der Waals surface area contributed by atoms with Crippen molar-refractivity contribution in [2.75, 3.05) is 18.4 Å². The molecule has 1 atom stereocenters. The van der Waals surface area contributed by atoms with E-state index in [1.54, 1.807) is 24.3 Å². The van der Waals surface area contributed by atoms with Crippen molar-refractivity contribution in [2.24, 2.45) is 5.92 Å². The number of sulfonamides is 1. The number of hydrogen-bond acceptors (Lipinski definition) is 3. The highest BCUT2D eigenvalue weighted by atomic mass is 32.2. The molecule has 0 radical (unpaired) electrons. The molecule has 1 fully saturated rings. The number of para-hydroxylation sites is 1. The van der Waals surface area contributed by atoms with Gasteiger partial charge >= 0.3 is 0 Å². The van der Waals surface area contributed by atoms with Crippen molar-refractivity contribution in [1.82, 2.24) is 4.31 Å². The summed E-state index contributed by atoms with van der Waals surface area (Å²) in [7, 11) is -3.58. The Morgan fingerprint density at radius 3 is 2.30 bits per heavy atom. The van der Waals surface area contributed by atoms with Crippen LogP contribution in [0.5, 0.6) is 0 Å². The number of aryl methyl sites for hydroxylation is 3. The predicted molar refractivity (Wildman–Crippen MR) is 107 cm³/mol. The molecule has 0 spiro atoms. The Kier molecular flexibility index (Phi) is 5.67. The van der Waals surface area contributed by atoms with Crippen molar-refractivity contribution in [3.05, 3.63) is 59.2 Å². The van der Waals surface area contributed by atoms with Crippen LogP contribution in [0.3, 0.4) is 0 Å². The molecule has 144 valence electrons. The van der Waals surface area contributed by atoms with Crippen molar-refractivity contribution in [1.29, 1.82) is 0 Å². The van der Waals surface area contributed by atoms with Crippen molar-refractivity contribution in [3.63, 3.8) is 0 Å². The third kappa shape index (κ3) is 4.22. The van der Waals surface area contributed by atoms with Crippen LogP contribution in [0.1, 0.15) is 29.5 Å². The van der Waals surface area contributed by atoms with Crippen LogP contribution < -0.4 is 5.32 Å². The van der Waals surface area contributed by atoms with E-state index in [1.807, 2.05) is 39.0 Å². The van der Waals surface area contributed by atoms with E-state index in [0.717, 1.165) is 22.4 Å². The van der Waals surface area contributed by atoms with Gasteiger partial charge in [-0.15, -0.1) is 0 Å². The molecule has 2 aromatic carbocycles. The highest BCUT2D eigenvalue weighted by Gasteiger charge is 2.33. The number of piperidine rings is 1. The van der Waals surface area contributed by atoms with E-state index in [2.05, 4.69) is 5.32 Å². The maximum Gasteiger partial charge on any atom is 0.243 e. The number of nitrogens with one attached hydrogen (secondary N) is 1. The fourth-order valence-corrected chi connectivity index (χ4v) is 4.99. The molecule has 1 aliphatic heterocycles. The first-order valence-electron chi connectivity index (χ1n) is 9.23. The molecule has 0 bridgehead atoms. The van der Waals surface area contributed by atoms with Crippen LogP contribution in [0.15, 0.2) is 47.4 Å². The molecule has 1 unspecified atom stereocenters. The highest BCUT2D eigenvalue weighted by molar-refractivity contribution is 7.89. The summed E-state index contributed by atoms with van der Waals surface area (Å²) in [4.78, 5) is 13.1. The van der Waals surface area contributed by atoms with Gasteiger partial charge in [0.05, 0.1) is 10.8 Å². The van der Waals surface area contributed by atoms with Gasteiger partial charge < -0.3 is 5.32 Å². The normalized spacial score (nSPS) is 18.3. The molecule has 3 rings (SSSR count). The predicted octanol–water partition coefficient (Wildman–Crippen LogP) is 3.65. The summed E-state index contributed by atoms with van der Waals surface area (Å²) in [6.07, 6.45) is 1.37. The lowest BCUT2D eigenvalue weighted by atomic mass is 9.98. The lowest BCUT2D eigenvalue weighted by molar-refractivity contribution is -0.120. The third-order valence-corrected chi connectivity index (χ3v) is 7.02. The minimum atomic E-state index is -3.58. The average Bonchev–Trinajstić information content (AvgIpc) is 2.65. The second-order valence-corrected chi connectivity index (χ2v) is 9.21. The van der Waals surface area contributed by atoms with Crippen LogP contribution in [-0.2, 0) is 14.8 Å². The van der Waals surface area contributed by atoms with Gasteiger partial charge in [0.2, 0.25) is 15.9 Å². The lowest BCUT2D eigenvalue weighted by Gasteiger charge is -2.31. The Morgan fingerprint density at radius 2 is 1.67 bits per heavy atom. The fraction of sp³-hybridized carbons (Fsp3) is 0.381. The minimum Gasteiger partial charge on any atom is -0.325 e. The van der Waals surface area contributed by atoms with Crippen molar-refractivity contribution in [2.45, 2.75) is 38.5 Å². The van der Waals surface area contributed by atoms with Crippen LogP contribution in [0, 0.1) is 26.7 Å². The lowest BCUT2D eigenvalue weighted by Crippen LogP contribution is -2.43. The number of rotatable bonds is 4. The standard InChI is InChI=1S/C21H26N2O3S/c1-15-9-11-19(12-10-15)27(25,26)23-13-5-8-18(14-23)21(24)22-20-16(2)6-4-7-17(20)3/h4,6-7,9-12,18H,5,8,13-14H2,1-3H3,(H,22,24). The molecular weight excluding hydrogens is 360 g/mol. The summed E-state index contributed by atoms with van der Waals surface area (Å²) in [6.45, 7) is 6.50. The zero-order chi connectivity index (χ0) is 19.6. The molecule has 1 amide bonds. The number of hydrogen-bond donors (Lipinski definition) is 1. The highest BCUT2D eigenvalue weighted by Crippen LogP contribution is 2.26. The summed E-state index contributed by atoms with van der Waals surface area (Å²) in [5.74, 6) is -0.464. The molecule has 2 aromatic rings. The van der Waals surface area contributed by atoms with Gasteiger partial charge in [0.1, 0.15) is 0 Å². The molecule has 0 aromatic heterocycles. The van der Waals surface area contributed by atoms with Crippen LogP contribution in [-0.4, -0.2) is 31.7 Å². The second kappa shape index (κ2) is 7.82. The van der Waals surface area contributed by atoms with Gasteiger partial charge in [0.15, 0.2) is 0 Å². The van der Waals surface area contributed by atoms with Crippen LogP contribution in [0.2, 0.25) is 0 Å². The summed E-state index contributed by atoms with van der Waals surface area (Å²) < 4.78 is 27.3. The quantitative estimate of drug-likeness (QED) is 0.872. The first-order valence-corrected chi connectivity index (χ1v) is 10.7. The summed E-state index contributed by atoms with van der Waals surface area (Å²) in [5, 5.41) is 3.01. The van der Waals surface area contributed by atoms with E-state index < -0.39 is 10.0 Å². The number of carbonyl (C=O) groups is 1. The minimum absolute atomic E-state index is 0.115. The zero-order valence-corrected chi connectivity index (χ0v) is 16.8. The maximum atomic E-state index is 12.9. The van der Waals surface area contributed by atoms with Crippen LogP contribution in [0.25, 0.3) is 0 Å². The van der Waals surface area contributed by atoms with Crippen molar-refractivity contribution < 1.29 is 13.2 Å². The van der Waals surface area contributed by atoms with Crippen LogP contribution >= 0.6 is 0 Å². The molecule has 6 heteroatoms. The third-order valence-electron chi connectivity index (χ3n) is 5.14. The molecule has 1 N–H and O–H groups in total. The van der Waals surface area contributed by atoms with Crippen molar-refractivity contribution >= 4 is 21.6 Å². The van der Waals surface area contributed by atoms with Crippen molar-refractivity contribution in [3.8, 4) is 0 Å². The topological polar surface area (TPSA) is 66.5 Å². The Hall–Kier alpha value is -2.18. The van der Waals surface area contributed by atoms with Gasteiger partial charge in [-0.25, -0.2) is 8.42 Å². The summed E-state index contributed by atoms with van der Waals surface area (Å²) in [5.41, 5.74) is 3.84. The molecule has 1 heterocycles. The van der Waals surface area contributed by atoms with Gasteiger partial charge in [-0.05, 0) is 56.9 Å². The average molecular weight is 387 g/mol. The van der Waals surface area contributed by atoms with E-state index in [0.29, 0.717) is 19.4 Å². The SMILES string of the molecule is Cc1ccc(S(=O)(=O)N2CCCC(C(=O)Nc3c(C)cccc3C)C2)cc1. The molecule has 1 saturated heterocycles. The molecule has 0 aliphatic carbocycles. The number of nitrogens with zero attached hydrogens (tertiary/aromatic N) is 1. The fourth-order valence-electron chi connectivity index (χ4n) is 3.47. The van der Waals surface area contributed by atoms with E-state index in [-0.39, 0.29) is 23.3 Å². The zero-order valence-electron chi connectivity index (χ0n) is 16.0. The van der Waals surface area contributed by atoms with Gasteiger partial charge in [-0.1, -0.05) is 35.9 Å². The molecule has 5 nitrogen and oxygen atoms in total. The number of amides is 1. The second-order valence-electron chi connectivity index (χ2n) is 7.27. The van der Waals surface area contributed by atoms with Gasteiger partial charge in [0.25, 0.3) is 0 Å². The summed E-state index contributed by atoms with van der Waals surface area (Å²) in [6, 6.07) is 12.7. The molecular formula is C21H26N2O3S. The number of benzene rings is 2. The van der Waals surface area contributed by atoms with E-state index in [1.165, 1.54) is 4.31 Å². The van der Waals surface area contributed by atoms with E-state index >= 15 is 0 Å². The van der Waals surface area contributed by atoms with Gasteiger partial charge in [0, 0.05) is 18.8 Å². The van der Waals surface area contributed by atoms with Crippen LogP contribution in [0.4, 0.5) is 5.69 Å². The van der Waals surface area contributed by atoms with Gasteiger partial charge in [-0.3, -0.25) is 4.79 Å². The smallest absolute Gasteiger partial charge is 0.243 e. The summed E-state index contributed by atoms with van der Waals surface area (Å²) >= 11 is 0. The molecule has 1 aliphatic rings. The Bertz CT molecular complexity index is 916. The monoisotopic (exact) mass is 386 g/mol. The molecule has 27 heavy (non-hydrogen) atoms. The Morgan fingerprint density at radius 1 is 1.04 bits per heavy atom. The van der Waals surface area contributed by atoms with E-state index in [9.17, 15) is 13.2 Å². The largest absolute Gasteiger partial charge is 0.325 e. The number of carbonyl (C=O) groups excluding carboxylic acids is 1. The Balaban J connectivity index is 1.75. The first-order chi connectivity index (χ1) is 12.8. The Labute approximate surface area is 161 Å². The van der Waals surface area contributed by atoms with E-state index in [4.69, 9.17) is 0 Å². The van der Waals surface area contributed by atoms with Gasteiger partial charge in [-0.2, -0.15) is 4.31 Å². The first kappa shape index (κ1) is 19.6. The number of anilines is 1.